The molecule has 1 aliphatic heterocycles. The van der Waals surface area contributed by atoms with Crippen molar-refractivity contribution in [2.24, 2.45) is 0 Å². The summed E-state index contributed by atoms with van der Waals surface area (Å²) in [5, 5.41) is 5.18. The first-order chi connectivity index (χ1) is 11.4. The van der Waals surface area contributed by atoms with Gasteiger partial charge in [-0.2, -0.15) is 0 Å². The van der Waals surface area contributed by atoms with Crippen molar-refractivity contribution in [2.75, 3.05) is 18.4 Å². The molecule has 4 heteroatoms. The number of amides is 1. The maximum Gasteiger partial charge on any atom is 0.279 e. The Kier molecular flexibility index (Phi) is 5.07. The van der Waals surface area contributed by atoms with Crippen molar-refractivity contribution >= 4 is 22.9 Å². The lowest BCUT2D eigenvalue weighted by Gasteiger charge is -2.21. The monoisotopic (exact) mass is 343 g/mol. The summed E-state index contributed by atoms with van der Waals surface area (Å²) in [4.78, 5) is 15.2. The summed E-state index contributed by atoms with van der Waals surface area (Å²) in [5.74, 6) is 0.108. The molecule has 0 saturated carbocycles. The number of carbonyl (C=O) groups excluding carboxylic acids is 1. The van der Waals surface area contributed by atoms with Gasteiger partial charge in [-0.05, 0) is 34.6 Å². The highest BCUT2D eigenvalue weighted by molar-refractivity contribution is 7.10. The predicted octanol–water partition coefficient (Wildman–Crippen LogP) is 3.40. The molecule has 2 N–H and O–H groups in total. The Balaban J connectivity index is 1.59. The highest BCUT2D eigenvalue weighted by Gasteiger charge is 2.32. The van der Waals surface area contributed by atoms with Crippen LogP contribution in [0.1, 0.15) is 50.1 Å². The fourth-order valence-corrected chi connectivity index (χ4v) is 4.34. The molecule has 2 aromatic rings. The van der Waals surface area contributed by atoms with E-state index in [2.05, 4.69) is 55.7 Å². The predicted molar refractivity (Wildman–Crippen MR) is 101 cm³/mol. The average Bonchev–Trinajstić information content (AvgIpc) is 3.17. The first-order valence-corrected chi connectivity index (χ1v) is 9.60. The normalized spacial score (nSPS) is 21.0. The van der Waals surface area contributed by atoms with Gasteiger partial charge in [0.2, 0.25) is 0 Å². The Morgan fingerprint density at radius 1 is 1.25 bits per heavy atom. The topological polar surface area (TPSA) is 33.5 Å². The quantitative estimate of drug-likeness (QED) is 0.876. The summed E-state index contributed by atoms with van der Waals surface area (Å²) < 4.78 is 0. The molecule has 0 bridgehead atoms. The molecule has 3 nitrogen and oxygen atoms in total. The van der Waals surface area contributed by atoms with E-state index >= 15 is 0 Å². The van der Waals surface area contributed by atoms with Gasteiger partial charge in [-0.15, -0.1) is 11.3 Å². The molecule has 0 aliphatic carbocycles. The number of benzene rings is 1. The number of hydrogen-bond donors (Lipinski definition) is 2. The van der Waals surface area contributed by atoms with Gasteiger partial charge in [0, 0.05) is 18.5 Å². The third-order valence-corrected chi connectivity index (χ3v) is 5.78. The fourth-order valence-electron chi connectivity index (χ4n) is 3.42. The number of nitrogens with one attached hydrogen (secondary N) is 2. The number of thiophene rings is 1. The Bertz CT molecular complexity index is 671. The molecule has 1 fully saturated rings. The Labute approximate surface area is 148 Å². The zero-order valence-corrected chi connectivity index (χ0v) is 15.6. The molecule has 0 spiro atoms. The van der Waals surface area contributed by atoms with Crippen LogP contribution in [-0.4, -0.2) is 19.0 Å². The van der Waals surface area contributed by atoms with E-state index in [0.29, 0.717) is 12.6 Å². The molecule has 24 heavy (non-hydrogen) atoms. The number of carbonyl (C=O) groups is 1. The largest absolute Gasteiger partial charge is 0.321 e. The van der Waals surface area contributed by atoms with Crippen LogP contribution in [0.2, 0.25) is 0 Å². The number of quaternary nitrogens is 1. The number of rotatable bonds is 4. The van der Waals surface area contributed by atoms with Gasteiger partial charge in [0.1, 0.15) is 6.04 Å². The average molecular weight is 344 g/mol. The number of hydrogen-bond acceptors (Lipinski definition) is 2. The van der Waals surface area contributed by atoms with Crippen molar-refractivity contribution < 1.29 is 9.69 Å². The van der Waals surface area contributed by atoms with Crippen LogP contribution in [-0.2, 0) is 10.2 Å². The maximum atomic E-state index is 12.4. The number of likely N-dealkylation sites (tertiary alicyclic amines) is 1. The minimum Gasteiger partial charge on any atom is -0.321 e. The SMILES string of the molecule is CC(C)(C)c1ccc(NC(=O)C[NH+]2CCC[C@@H]2c2cccs2)cc1. The standard InChI is InChI=1S/C20H26N2OS/c1-20(2,3)15-8-10-16(11-9-15)21-19(23)14-22-12-4-6-17(22)18-7-5-13-24-18/h5,7-11,13,17H,4,6,12,14H2,1-3H3,(H,21,23)/p+1/t17-/m1/s1. The van der Waals surface area contributed by atoms with Crippen LogP contribution in [0.25, 0.3) is 0 Å². The summed E-state index contributed by atoms with van der Waals surface area (Å²) in [5.41, 5.74) is 2.30. The van der Waals surface area contributed by atoms with Crippen LogP contribution >= 0.6 is 11.3 Å². The molecule has 128 valence electrons. The second-order valence-corrected chi connectivity index (χ2v) is 8.65. The second kappa shape index (κ2) is 7.08. The molecule has 2 heterocycles. The lowest BCUT2D eigenvalue weighted by Crippen LogP contribution is -3.11. The molecule has 1 saturated heterocycles. The van der Waals surface area contributed by atoms with Gasteiger partial charge >= 0.3 is 0 Å². The lowest BCUT2D eigenvalue weighted by molar-refractivity contribution is -0.910. The summed E-state index contributed by atoms with van der Waals surface area (Å²) >= 11 is 1.81. The van der Waals surface area contributed by atoms with Gasteiger partial charge in [-0.3, -0.25) is 4.79 Å². The highest BCUT2D eigenvalue weighted by Crippen LogP contribution is 2.24. The van der Waals surface area contributed by atoms with Crippen molar-refractivity contribution in [3.8, 4) is 0 Å². The molecule has 2 atom stereocenters. The van der Waals surface area contributed by atoms with E-state index < -0.39 is 0 Å². The van der Waals surface area contributed by atoms with Gasteiger partial charge in [0.25, 0.3) is 5.91 Å². The molecular formula is C20H27N2OS+. The summed E-state index contributed by atoms with van der Waals surface area (Å²) in [6, 6.07) is 13.0. The van der Waals surface area contributed by atoms with E-state index in [9.17, 15) is 4.79 Å². The van der Waals surface area contributed by atoms with Gasteiger partial charge in [-0.25, -0.2) is 0 Å². The van der Waals surface area contributed by atoms with Crippen LogP contribution in [0.3, 0.4) is 0 Å². The maximum absolute atomic E-state index is 12.4. The van der Waals surface area contributed by atoms with Crippen molar-refractivity contribution in [3.63, 3.8) is 0 Å². The zero-order valence-electron chi connectivity index (χ0n) is 14.8. The zero-order chi connectivity index (χ0) is 17.2. The van der Waals surface area contributed by atoms with Gasteiger partial charge < -0.3 is 10.2 Å². The summed E-state index contributed by atoms with van der Waals surface area (Å²) in [6.07, 6.45) is 2.38. The molecule has 1 aromatic heterocycles. The smallest absolute Gasteiger partial charge is 0.279 e. The third-order valence-electron chi connectivity index (χ3n) is 4.79. The third kappa shape index (κ3) is 4.05. The molecular weight excluding hydrogens is 316 g/mol. The van der Waals surface area contributed by atoms with Crippen LogP contribution in [0, 0.1) is 0 Å². The van der Waals surface area contributed by atoms with Crippen molar-refractivity contribution in [1.29, 1.82) is 0 Å². The van der Waals surface area contributed by atoms with E-state index in [1.54, 1.807) is 11.3 Å². The van der Waals surface area contributed by atoms with Crippen molar-refractivity contribution in [1.82, 2.24) is 0 Å². The van der Waals surface area contributed by atoms with E-state index in [1.807, 2.05) is 12.1 Å². The molecule has 1 aliphatic rings. The van der Waals surface area contributed by atoms with Crippen LogP contribution in [0.15, 0.2) is 41.8 Å². The molecule has 1 amide bonds. The Morgan fingerprint density at radius 2 is 2.00 bits per heavy atom. The minimum atomic E-state index is 0.108. The molecule has 0 radical (unpaired) electrons. The van der Waals surface area contributed by atoms with E-state index in [-0.39, 0.29) is 11.3 Å². The van der Waals surface area contributed by atoms with E-state index in [1.165, 1.54) is 28.2 Å². The first kappa shape index (κ1) is 17.2. The van der Waals surface area contributed by atoms with Crippen LogP contribution in [0.4, 0.5) is 5.69 Å². The van der Waals surface area contributed by atoms with Crippen LogP contribution < -0.4 is 10.2 Å². The van der Waals surface area contributed by atoms with Crippen molar-refractivity contribution in [3.05, 3.63) is 52.2 Å². The Hall–Kier alpha value is -1.65. The summed E-state index contributed by atoms with van der Waals surface area (Å²) in [6.45, 7) is 8.22. The molecule has 1 unspecified atom stereocenters. The summed E-state index contributed by atoms with van der Waals surface area (Å²) in [7, 11) is 0. The highest BCUT2D eigenvalue weighted by atomic mass is 32.1. The van der Waals surface area contributed by atoms with E-state index in [4.69, 9.17) is 0 Å². The minimum absolute atomic E-state index is 0.108. The second-order valence-electron chi connectivity index (χ2n) is 7.67. The molecule has 1 aromatic carbocycles. The number of anilines is 1. The van der Waals surface area contributed by atoms with Crippen LogP contribution in [0.5, 0.6) is 0 Å². The van der Waals surface area contributed by atoms with E-state index in [0.717, 1.165) is 12.2 Å². The van der Waals surface area contributed by atoms with Gasteiger partial charge in [0.05, 0.1) is 11.4 Å². The lowest BCUT2D eigenvalue weighted by atomic mass is 9.87. The Morgan fingerprint density at radius 3 is 2.62 bits per heavy atom. The fraction of sp³-hybridized carbons (Fsp3) is 0.450. The van der Waals surface area contributed by atoms with Gasteiger partial charge in [0.15, 0.2) is 6.54 Å². The van der Waals surface area contributed by atoms with Crippen molar-refractivity contribution in [2.45, 2.75) is 45.1 Å². The molecule has 3 rings (SSSR count). The van der Waals surface area contributed by atoms with Gasteiger partial charge in [-0.1, -0.05) is 39.0 Å². The first-order valence-electron chi connectivity index (χ1n) is 8.72.